The van der Waals surface area contributed by atoms with E-state index in [2.05, 4.69) is 14.7 Å². The summed E-state index contributed by atoms with van der Waals surface area (Å²) in [7, 11) is 0. The van der Waals surface area contributed by atoms with Crippen molar-refractivity contribution in [2.45, 2.75) is 45.9 Å². The summed E-state index contributed by atoms with van der Waals surface area (Å²) < 4.78 is 29.7. The quantitative estimate of drug-likeness (QED) is 0.901. The number of nitrogens with zero attached hydrogens (tertiary/aromatic N) is 2. The van der Waals surface area contributed by atoms with E-state index >= 15 is 0 Å². The Balaban J connectivity index is 1.79. The first-order chi connectivity index (χ1) is 11.9. The molecule has 0 unspecified atom stereocenters. The highest BCUT2D eigenvalue weighted by Gasteiger charge is 2.23. The van der Waals surface area contributed by atoms with E-state index in [0.717, 1.165) is 5.69 Å². The number of hydrogen-bond donors (Lipinski definition) is 1. The number of hydrogen-bond acceptors (Lipinski definition) is 4. The van der Waals surface area contributed by atoms with Crippen molar-refractivity contribution < 1.29 is 13.5 Å². The van der Waals surface area contributed by atoms with Crippen LogP contribution in [0.25, 0.3) is 0 Å². The summed E-state index contributed by atoms with van der Waals surface area (Å²) in [6.07, 6.45) is 0.664. The van der Waals surface area contributed by atoms with Gasteiger partial charge in [-0.25, -0.2) is 4.98 Å². The molecule has 3 rings (SSSR count). The van der Waals surface area contributed by atoms with Crippen molar-refractivity contribution in [3.8, 4) is 5.75 Å². The van der Waals surface area contributed by atoms with E-state index in [1.807, 2.05) is 18.7 Å². The van der Waals surface area contributed by atoms with Crippen molar-refractivity contribution in [2.75, 3.05) is 6.54 Å². The molecule has 0 bridgehead atoms. The SMILES string of the molecule is CC(C)c1nc2c(c(=O)[nH]1)CN(Cc1ccccc1OC(F)F)CC2. The van der Waals surface area contributed by atoms with Crippen LogP contribution in [0, 0.1) is 0 Å². The van der Waals surface area contributed by atoms with Gasteiger partial charge < -0.3 is 9.72 Å². The monoisotopic (exact) mass is 349 g/mol. The minimum Gasteiger partial charge on any atom is -0.434 e. The molecule has 0 radical (unpaired) electrons. The average molecular weight is 349 g/mol. The molecule has 1 aromatic carbocycles. The second kappa shape index (κ2) is 7.31. The molecule has 0 amide bonds. The first-order valence-electron chi connectivity index (χ1n) is 8.31. The van der Waals surface area contributed by atoms with Gasteiger partial charge in [0.2, 0.25) is 0 Å². The number of aromatic amines is 1. The summed E-state index contributed by atoms with van der Waals surface area (Å²) in [6.45, 7) is 2.71. The predicted molar refractivity (Wildman–Crippen MR) is 89.8 cm³/mol. The van der Waals surface area contributed by atoms with Crippen LogP contribution < -0.4 is 10.3 Å². The molecule has 1 N–H and O–H groups in total. The lowest BCUT2D eigenvalue weighted by Crippen LogP contribution is -2.36. The third kappa shape index (κ3) is 4.04. The number of rotatable bonds is 5. The van der Waals surface area contributed by atoms with Crippen molar-refractivity contribution in [3.05, 3.63) is 57.3 Å². The third-order valence-corrected chi connectivity index (χ3v) is 4.30. The van der Waals surface area contributed by atoms with Gasteiger partial charge in [-0.1, -0.05) is 32.0 Å². The van der Waals surface area contributed by atoms with Gasteiger partial charge in [0.05, 0.1) is 11.3 Å². The molecule has 5 nitrogen and oxygen atoms in total. The van der Waals surface area contributed by atoms with Gasteiger partial charge in [-0.3, -0.25) is 9.69 Å². The van der Waals surface area contributed by atoms with E-state index in [9.17, 15) is 13.6 Å². The zero-order valence-electron chi connectivity index (χ0n) is 14.3. The third-order valence-electron chi connectivity index (χ3n) is 4.30. The lowest BCUT2D eigenvalue weighted by molar-refractivity contribution is -0.0508. The van der Waals surface area contributed by atoms with E-state index in [-0.39, 0.29) is 17.2 Å². The van der Waals surface area contributed by atoms with Gasteiger partial charge in [-0.15, -0.1) is 0 Å². The Bertz CT molecular complexity index is 805. The summed E-state index contributed by atoms with van der Waals surface area (Å²) in [4.78, 5) is 21.8. The topological polar surface area (TPSA) is 58.2 Å². The molecule has 1 aromatic heterocycles. The molecule has 0 atom stereocenters. The van der Waals surface area contributed by atoms with E-state index in [1.54, 1.807) is 18.2 Å². The van der Waals surface area contributed by atoms with Gasteiger partial charge in [0.1, 0.15) is 11.6 Å². The first kappa shape index (κ1) is 17.5. The average Bonchev–Trinajstić information content (AvgIpc) is 2.56. The van der Waals surface area contributed by atoms with Gasteiger partial charge in [0, 0.05) is 37.5 Å². The fraction of sp³-hybridized carbons (Fsp3) is 0.444. The summed E-state index contributed by atoms with van der Waals surface area (Å²) in [6, 6.07) is 6.74. The fourth-order valence-corrected chi connectivity index (χ4v) is 2.99. The maximum absolute atomic E-state index is 12.5. The van der Waals surface area contributed by atoms with E-state index in [1.165, 1.54) is 6.07 Å². The van der Waals surface area contributed by atoms with Crippen LogP contribution in [0.4, 0.5) is 8.78 Å². The Hall–Kier alpha value is -2.28. The molecule has 0 saturated heterocycles. The Morgan fingerprint density at radius 3 is 2.80 bits per heavy atom. The number of halogens is 2. The number of aromatic nitrogens is 2. The lowest BCUT2D eigenvalue weighted by Gasteiger charge is -2.28. The Labute approximate surface area is 144 Å². The van der Waals surface area contributed by atoms with Crippen LogP contribution in [0.15, 0.2) is 29.1 Å². The van der Waals surface area contributed by atoms with Crippen LogP contribution >= 0.6 is 0 Å². The Kier molecular flexibility index (Phi) is 5.13. The molecule has 0 spiro atoms. The van der Waals surface area contributed by atoms with Crippen molar-refractivity contribution in [1.29, 1.82) is 0 Å². The molecule has 1 aliphatic heterocycles. The molecule has 1 aliphatic rings. The van der Waals surface area contributed by atoms with Crippen molar-refractivity contribution >= 4 is 0 Å². The molecule has 134 valence electrons. The second-order valence-electron chi connectivity index (χ2n) is 6.48. The highest BCUT2D eigenvalue weighted by Crippen LogP contribution is 2.24. The summed E-state index contributed by atoms with van der Waals surface area (Å²) >= 11 is 0. The number of H-pyrrole nitrogens is 1. The van der Waals surface area contributed by atoms with Gasteiger partial charge in [0.25, 0.3) is 5.56 Å². The van der Waals surface area contributed by atoms with Gasteiger partial charge >= 0.3 is 6.61 Å². The van der Waals surface area contributed by atoms with E-state index < -0.39 is 6.61 Å². The maximum Gasteiger partial charge on any atom is 0.387 e. The van der Waals surface area contributed by atoms with Crippen LogP contribution in [0.5, 0.6) is 5.75 Å². The molecular weight excluding hydrogens is 328 g/mol. The van der Waals surface area contributed by atoms with Crippen LogP contribution in [-0.2, 0) is 19.5 Å². The standard InChI is InChI=1S/C18H21F2N3O2/c1-11(2)16-21-14-7-8-23(10-13(14)17(24)22-16)9-12-5-3-4-6-15(12)25-18(19)20/h3-6,11,18H,7-10H2,1-2H3,(H,21,22,24). The summed E-state index contributed by atoms with van der Waals surface area (Å²) in [5.74, 6) is 1.03. The normalized spacial score (nSPS) is 14.8. The van der Waals surface area contributed by atoms with Crippen LogP contribution in [-0.4, -0.2) is 28.0 Å². The number of nitrogens with one attached hydrogen (secondary N) is 1. The van der Waals surface area contributed by atoms with Crippen molar-refractivity contribution in [3.63, 3.8) is 0 Å². The molecule has 2 heterocycles. The zero-order chi connectivity index (χ0) is 18.0. The number of alkyl halides is 2. The number of para-hydroxylation sites is 1. The highest BCUT2D eigenvalue weighted by atomic mass is 19.3. The minimum absolute atomic E-state index is 0.115. The van der Waals surface area contributed by atoms with E-state index in [4.69, 9.17) is 0 Å². The predicted octanol–water partition coefficient (Wildman–Crippen LogP) is 3.05. The number of fused-ring (bicyclic) bond motifs is 1. The summed E-state index contributed by atoms with van der Waals surface area (Å²) in [5, 5.41) is 0. The summed E-state index contributed by atoms with van der Waals surface area (Å²) in [5.41, 5.74) is 2.05. The Morgan fingerprint density at radius 1 is 1.32 bits per heavy atom. The smallest absolute Gasteiger partial charge is 0.387 e. The van der Waals surface area contributed by atoms with Crippen LogP contribution in [0.1, 0.15) is 42.4 Å². The molecule has 2 aromatic rings. The second-order valence-corrected chi connectivity index (χ2v) is 6.48. The molecule has 25 heavy (non-hydrogen) atoms. The first-order valence-corrected chi connectivity index (χ1v) is 8.31. The largest absolute Gasteiger partial charge is 0.434 e. The number of benzene rings is 1. The molecule has 0 saturated carbocycles. The van der Waals surface area contributed by atoms with Gasteiger partial charge in [-0.05, 0) is 6.07 Å². The molecular formula is C18H21F2N3O2. The molecule has 7 heteroatoms. The lowest BCUT2D eigenvalue weighted by atomic mass is 10.0. The number of ether oxygens (including phenoxy) is 1. The van der Waals surface area contributed by atoms with Gasteiger partial charge in [0.15, 0.2) is 0 Å². The van der Waals surface area contributed by atoms with Gasteiger partial charge in [-0.2, -0.15) is 8.78 Å². The minimum atomic E-state index is -2.86. The van der Waals surface area contributed by atoms with Crippen molar-refractivity contribution in [1.82, 2.24) is 14.9 Å². The highest BCUT2D eigenvalue weighted by molar-refractivity contribution is 5.33. The van der Waals surface area contributed by atoms with Crippen LogP contribution in [0.2, 0.25) is 0 Å². The fourth-order valence-electron chi connectivity index (χ4n) is 2.99. The van der Waals surface area contributed by atoms with Crippen molar-refractivity contribution in [2.24, 2.45) is 0 Å². The van der Waals surface area contributed by atoms with Crippen LogP contribution in [0.3, 0.4) is 0 Å². The zero-order valence-corrected chi connectivity index (χ0v) is 14.3. The maximum atomic E-state index is 12.5. The molecule has 0 fully saturated rings. The van der Waals surface area contributed by atoms with E-state index in [0.29, 0.717) is 43.0 Å². The molecule has 0 aliphatic carbocycles. The Morgan fingerprint density at radius 2 is 2.08 bits per heavy atom.